The van der Waals surface area contributed by atoms with Crippen molar-refractivity contribution in [3.8, 4) is 6.07 Å². The predicted molar refractivity (Wildman–Crippen MR) is 90.4 cm³/mol. The van der Waals surface area contributed by atoms with Crippen LogP contribution >= 0.6 is 0 Å². The summed E-state index contributed by atoms with van der Waals surface area (Å²) < 4.78 is 0. The molecule has 126 valence electrons. The summed E-state index contributed by atoms with van der Waals surface area (Å²) in [5, 5.41) is 8.85. The minimum atomic E-state index is 0.0385. The standard InChI is InChI=1S/C18H22N4O2/c1-14-2-7-17(23)22(14)13-18(24)21-10-8-20(9-11-21)16-5-3-15(12-19)4-6-16/h3-6,14H,2,7-11,13H2,1H3. The summed E-state index contributed by atoms with van der Waals surface area (Å²) in [7, 11) is 0. The van der Waals surface area contributed by atoms with Crippen LogP contribution in [-0.2, 0) is 9.59 Å². The number of benzene rings is 1. The van der Waals surface area contributed by atoms with Crippen molar-refractivity contribution in [1.29, 1.82) is 5.26 Å². The number of nitriles is 1. The lowest BCUT2D eigenvalue weighted by Gasteiger charge is -2.37. The average molecular weight is 326 g/mol. The average Bonchev–Trinajstić information content (AvgIpc) is 2.94. The van der Waals surface area contributed by atoms with Gasteiger partial charge in [0.25, 0.3) is 0 Å². The number of hydrogen-bond donors (Lipinski definition) is 0. The van der Waals surface area contributed by atoms with Crippen LogP contribution in [0.5, 0.6) is 0 Å². The van der Waals surface area contributed by atoms with Gasteiger partial charge in [0, 0.05) is 44.3 Å². The maximum Gasteiger partial charge on any atom is 0.242 e. The largest absolute Gasteiger partial charge is 0.368 e. The number of nitrogens with zero attached hydrogens (tertiary/aromatic N) is 4. The summed E-state index contributed by atoms with van der Waals surface area (Å²) in [6.07, 6.45) is 1.40. The van der Waals surface area contributed by atoms with E-state index in [4.69, 9.17) is 5.26 Å². The molecular weight excluding hydrogens is 304 g/mol. The van der Waals surface area contributed by atoms with Crippen molar-refractivity contribution in [2.75, 3.05) is 37.6 Å². The number of likely N-dealkylation sites (tertiary alicyclic amines) is 1. The monoisotopic (exact) mass is 326 g/mol. The fourth-order valence-corrected chi connectivity index (χ4v) is 3.33. The SMILES string of the molecule is CC1CCC(=O)N1CC(=O)N1CCN(c2ccc(C#N)cc2)CC1. The first-order chi connectivity index (χ1) is 11.6. The number of rotatable bonds is 3. The first-order valence-electron chi connectivity index (χ1n) is 8.41. The van der Waals surface area contributed by atoms with Gasteiger partial charge < -0.3 is 14.7 Å². The molecule has 1 unspecified atom stereocenters. The Morgan fingerprint density at radius 3 is 2.42 bits per heavy atom. The van der Waals surface area contributed by atoms with E-state index in [9.17, 15) is 9.59 Å². The number of anilines is 1. The maximum absolute atomic E-state index is 12.4. The molecule has 6 heteroatoms. The number of carbonyl (C=O) groups excluding carboxylic acids is 2. The van der Waals surface area contributed by atoms with Crippen LogP contribution in [0.25, 0.3) is 0 Å². The molecular formula is C18H22N4O2. The number of piperazine rings is 1. The van der Waals surface area contributed by atoms with Crippen molar-refractivity contribution in [2.45, 2.75) is 25.8 Å². The second kappa shape index (κ2) is 6.91. The third-order valence-electron chi connectivity index (χ3n) is 4.93. The summed E-state index contributed by atoms with van der Waals surface area (Å²) >= 11 is 0. The molecule has 0 aliphatic carbocycles. The molecule has 1 atom stereocenters. The molecule has 2 heterocycles. The first kappa shape index (κ1) is 16.3. The van der Waals surface area contributed by atoms with Crippen LogP contribution in [0.1, 0.15) is 25.3 Å². The third kappa shape index (κ3) is 3.35. The minimum Gasteiger partial charge on any atom is -0.368 e. The normalized spacial score (nSPS) is 21.1. The van der Waals surface area contributed by atoms with Gasteiger partial charge in [-0.25, -0.2) is 0 Å². The molecule has 1 aromatic rings. The molecule has 3 rings (SSSR count). The van der Waals surface area contributed by atoms with Gasteiger partial charge >= 0.3 is 0 Å². The molecule has 0 aromatic heterocycles. The van der Waals surface area contributed by atoms with E-state index in [1.54, 1.807) is 4.90 Å². The topological polar surface area (TPSA) is 67.7 Å². The Bertz CT molecular complexity index is 657. The van der Waals surface area contributed by atoms with Gasteiger partial charge in [-0.1, -0.05) is 0 Å². The van der Waals surface area contributed by atoms with Crippen molar-refractivity contribution in [1.82, 2.24) is 9.80 Å². The van der Waals surface area contributed by atoms with Crippen LogP contribution in [0.15, 0.2) is 24.3 Å². The van der Waals surface area contributed by atoms with E-state index in [1.807, 2.05) is 36.1 Å². The van der Waals surface area contributed by atoms with Gasteiger partial charge in [-0.2, -0.15) is 5.26 Å². The Morgan fingerprint density at radius 1 is 1.21 bits per heavy atom. The second-order valence-electron chi connectivity index (χ2n) is 6.44. The fourth-order valence-electron chi connectivity index (χ4n) is 3.33. The second-order valence-corrected chi connectivity index (χ2v) is 6.44. The summed E-state index contributed by atoms with van der Waals surface area (Å²) in [6.45, 7) is 5.06. The van der Waals surface area contributed by atoms with E-state index >= 15 is 0 Å². The summed E-state index contributed by atoms with van der Waals surface area (Å²) in [5.41, 5.74) is 1.72. The van der Waals surface area contributed by atoms with E-state index in [0.29, 0.717) is 25.1 Å². The molecule has 6 nitrogen and oxygen atoms in total. The van der Waals surface area contributed by atoms with Gasteiger partial charge in [0.2, 0.25) is 11.8 Å². The lowest BCUT2D eigenvalue weighted by molar-refractivity contribution is -0.139. The van der Waals surface area contributed by atoms with Gasteiger partial charge in [-0.05, 0) is 37.6 Å². The maximum atomic E-state index is 12.4. The van der Waals surface area contributed by atoms with E-state index in [2.05, 4.69) is 11.0 Å². The van der Waals surface area contributed by atoms with E-state index < -0.39 is 0 Å². The zero-order chi connectivity index (χ0) is 17.1. The van der Waals surface area contributed by atoms with Crippen molar-refractivity contribution < 1.29 is 9.59 Å². The van der Waals surface area contributed by atoms with Gasteiger partial charge in [0.1, 0.15) is 0 Å². The van der Waals surface area contributed by atoms with Crippen LogP contribution in [-0.4, -0.2) is 60.4 Å². The predicted octanol–water partition coefficient (Wildman–Crippen LogP) is 1.22. The quantitative estimate of drug-likeness (QED) is 0.837. The summed E-state index contributed by atoms with van der Waals surface area (Å²) in [5.74, 6) is 0.128. The lowest BCUT2D eigenvalue weighted by Crippen LogP contribution is -2.52. The molecule has 0 bridgehead atoms. The third-order valence-corrected chi connectivity index (χ3v) is 4.93. The zero-order valence-corrected chi connectivity index (χ0v) is 13.9. The zero-order valence-electron chi connectivity index (χ0n) is 13.9. The van der Waals surface area contributed by atoms with Crippen molar-refractivity contribution in [2.24, 2.45) is 0 Å². The summed E-state index contributed by atoms with van der Waals surface area (Å²) in [6, 6.07) is 9.80. The Balaban J connectivity index is 1.53. The fraction of sp³-hybridized carbons (Fsp3) is 0.500. The molecule has 2 amide bonds. The molecule has 2 fully saturated rings. The van der Waals surface area contributed by atoms with Gasteiger partial charge in [0.15, 0.2) is 0 Å². The highest BCUT2D eigenvalue weighted by Gasteiger charge is 2.31. The van der Waals surface area contributed by atoms with E-state index in [1.165, 1.54) is 0 Å². The Kier molecular flexibility index (Phi) is 4.70. The Morgan fingerprint density at radius 2 is 1.88 bits per heavy atom. The highest BCUT2D eigenvalue weighted by atomic mass is 16.2. The summed E-state index contributed by atoms with van der Waals surface area (Å²) in [4.78, 5) is 30.0. The van der Waals surface area contributed by atoms with Gasteiger partial charge in [0.05, 0.1) is 18.2 Å². The Hall–Kier alpha value is -2.55. The van der Waals surface area contributed by atoms with Crippen molar-refractivity contribution >= 4 is 17.5 Å². The van der Waals surface area contributed by atoms with E-state index in [-0.39, 0.29) is 24.4 Å². The molecule has 0 spiro atoms. The molecule has 1 aromatic carbocycles. The first-order valence-corrected chi connectivity index (χ1v) is 8.41. The highest BCUT2D eigenvalue weighted by molar-refractivity contribution is 5.86. The van der Waals surface area contributed by atoms with Crippen molar-refractivity contribution in [3.05, 3.63) is 29.8 Å². The van der Waals surface area contributed by atoms with Gasteiger partial charge in [-0.3, -0.25) is 9.59 Å². The highest BCUT2D eigenvalue weighted by Crippen LogP contribution is 2.19. The van der Waals surface area contributed by atoms with Crippen molar-refractivity contribution in [3.63, 3.8) is 0 Å². The number of amides is 2. The molecule has 0 saturated carbocycles. The molecule has 0 radical (unpaired) electrons. The van der Waals surface area contributed by atoms with E-state index in [0.717, 1.165) is 25.2 Å². The van der Waals surface area contributed by atoms with Crippen LogP contribution in [0.2, 0.25) is 0 Å². The lowest BCUT2D eigenvalue weighted by atomic mass is 10.2. The van der Waals surface area contributed by atoms with Crippen LogP contribution in [0.3, 0.4) is 0 Å². The molecule has 2 aliphatic rings. The van der Waals surface area contributed by atoms with Crippen LogP contribution < -0.4 is 4.90 Å². The van der Waals surface area contributed by atoms with Crippen LogP contribution in [0, 0.1) is 11.3 Å². The Labute approximate surface area is 142 Å². The van der Waals surface area contributed by atoms with Crippen LogP contribution in [0.4, 0.5) is 5.69 Å². The smallest absolute Gasteiger partial charge is 0.242 e. The minimum absolute atomic E-state index is 0.0385. The molecule has 24 heavy (non-hydrogen) atoms. The molecule has 2 aliphatic heterocycles. The molecule has 2 saturated heterocycles. The van der Waals surface area contributed by atoms with Gasteiger partial charge in [-0.15, -0.1) is 0 Å². The number of carbonyl (C=O) groups is 2. The number of hydrogen-bond acceptors (Lipinski definition) is 4. The molecule has 0 N–H and O–H groups in total.